The van der Waals surface area contributed by atoms with Crippen molar-refractivity contribution in [2.24, 2.45) is 0 Å². The van der Waals surface area contributed by atoms with E-state index in [4.69, 9.17) is 4.52 Å². The van der Waals surface area contributed by atoms with Gasteiger partial charge in [0.05, 0.1) is 5.75 Å². The van der Waals surface area contributed by atoms with Crippen LogP contribution in [0.2, 0.25) is 0 Å². The molecule has 4 rings (SSSR count). The van der Waals surface area contributed by atoms with Gasteiger partial charge < -0.3 is 4.52 Å². The topological polar surface area (TPSA) is 76.3 Å². The van der Waals surface area contributed by atoms with Gasteiger partial charge in [-0.25, -0.2) is 17.1 Å². The highest BCUT2D eigenvalue weighted by molar-refractivity contribution is 7.88. The van der Waals surface area contributed by atoms with Gasteiger partial charge in [-0.05, 0) is 36.2 Å². The van der Waals surface area contributed by atoms with Crippen LogP contribution in [0.3, 0.4) is 0 Å². The molecule has 0 aliphatic carbocycles. The second-order valence-corrected chi connectivity index (χ2v) is 8.52. The van der Waals surface area contributed by atoms with Crippen LogP contribution in [0.25, 0.3) is 11.5 Å². The van der Waals surface area contributed by atoms with Gasteiger partial charge in [0, 0.05) is 24.6 Å². The van der Waals surface area contributed by atoms with Crippen molar-refractivity contribution in [3.8, 4) is 11.5 Å². The molecule has 0 unspecified atom stereocenters. The fourth-order valence-corrected chi connectivity index (χ4v) is 4.76. The van der Waals surface area contributed by atoms with E-state index in [0.717, 1.165) is 5.56 Å². The summed E-state index contributed by atoms with van der Waals surface area (Å²) < 4.78 is 45.1. The minimum Gasteiger partial charge on any atom is -0.334 e. The summed E-state index contributed by atoms with van der Waals surface area (Å²) in [6.45, 7) is 0.723. The van der Waals surface area contributed by atoms with Crippen LogP contribution in [-0.4, -0.2) is 36.0 Å². The molecule has 27 heavy (non-hydrogen) atoms. The van der Waals surface area contributed by atoms with Crippen LogP contribution in [0.1, 0.15) is 23.7 Å². The molecular formula is C19H18FN3O3S. The van der Waals surface area contributed by atoms with Gasteiger partial charge in [0.2, 0.25) is 10.0 Å². The van der Waals surface area contributed by atoms with Gasteiger partial charge in [0.1, 0.15) is 5.82 Å². The lowest BCUT2D eigenvalue weighted by Crippen LogP contribution is -2.30. The third-order valence-electron chi connectivity index (χ3n) is 4.63. The van der Waals surface area contributed by atoms with Crippen molar-refractivity contribution in [1.82, 2.24) is 14.4 Å². The number of nitrogens with zero attached hydrogens (tertiary/aromatic N) is 3. The third-order valence-corrected chi connectivity index (χ3v) is 6.45. The maximum absolute atomic E-state index is 13.0. The van der Waals surface area contributed by atoms with Crippen LogP contribution in [0.4, 0.5) is 4.39 Å². The molecule has 1 saturated heterocycles. The van der Waals surface area contributed by atoms with Gasteiger partial charge in [-0.15, -0.1) is 0 Å². The Morgan fingerprint density at radius 2 is 1.85 bits per heavy atom. The zero-order valence-electron chi connectivity index (χ0n) is 14.5. The van der Waals surface area contributed by atoms with Gasteiger partial charge in [0.25, 0.3) is 5.89 Å². The van der Waals surface area contributed by atoms with Crippen molar-refractivity contribution in [3.63, 3.8) is 0 Å². The first-order chi connectivity index (χ1) is 13.0. The van der Waals surface area contributed by atoms with Crippen molar-refractivity contribution in [2.45, 2.75) is 18.1 Å². The van der Waals surface area contributed by atoms with Crippen molar-refractivity contribution in [2.75, 3.05) is 13.1 Å². The molecule has 6 nitrogen and oxygen atoms in total. The van der Waals surface area contributed by atoms with Crippen molar-refractivity contribution in [3.05, 3.63) is 71.8 Å². The second kappa shape index (κ2) is 7.21. The predicted octanol–water partition coefficient (Wildman–Crippen LogP) is 3.20. The van der Waals surface area contributed by atoms with Gasteiger partial charge in [0.15, 0.2) is 5.82 Å². The Balaban J connectivity index is 1.45. The molecule has 1 fully saturated rings. The lowest BCUT2D eigenvalue weighted by Gasteiger charge is -2.16. The van der Waals surface area contributed by atoms with Crippen LogP contribution in [-0.2, 0) is 15.8 Å². The SMILES string of the molecule is O=S(=O)(Cc1ccc(F)cc1)N1CC[C@H](c2noc(-c3ccccc3)n2)C1. The molecule has 1 aromatic heterocycles. The minimum atomic E-state index is -3.49. The molecule has 140 valence electrons. The highest BCUT2D eigenvalue weighted by Crippen LogP contribution is 2.29. The fraction of sp³-hybridized carbons (Fsp3) is 0.263. The molecule has 8 heteroatoms. The average Bonchev–Trinajstić information content (AvgIpc) is 3.34. The lowest BCUT2D eigenvalue weighted by atomic mass is 10.1. The summed E-state index contributed by atoms with van der Waals surface area (Å²) in [5.74, 6) is 0.311. The monoisotopic (exact) mass is 387 g/mol. The molecule has 0 radical (unpaired) electrons. The Labute approximate surface area is 156 Å². The first-order valence-corrected chi connectivity index (χ1v) is 10.2. The summed E-state index contributed by atoms with van der Waals surface area (Å²) in [5, 5.41) is 4.04. The first-order valence-electron chi connectivity index (χ1n) is 8.62. The lowest BCUT2D eigenvalue weighted by molar-refractivity contribution is 0.414. The van der Waals surface area contributed by atoms with E-state index in [1.807, 2.05) is 30.3 Å². The highest BCUT2D eigenvalue weighted by atomic mass is 32.2. The van der Waals surface area contributed by atoms with E-state index in [0.29, 0.717) is 36.8 Å². The summed E-state index contributed by atoms with van der Waals surface area (Å²) in [7, 11) is -3.49. The van der Waals surface area contributed by atoms with Gasteiger partial charge in [-0.1, -0.05) is 35.5 Å². The Hall–Kier alpha value is -2.58. The predicted molar refractivity (Wildman–Crippen MR) is 97.7 cm³/mol. The summed E-state index contributed by atoms with van der Waals surface area (Å²) in [6, 6.07) is 15.0. The molecule has 1 aliphatic heterocycles. The van der Waals surface area contributed by atoms with Crippen LogP contribution in [0, 0.1) is 5.82 Å². The number of aromatic nitrogens is 2. The number of benzene rings is 2. The molecule has 0 N–H and O–H groups in total. The summed E-state index contributed by atoms with van der Waals surface area (Å²) >= 11 is 0. The molecule has 0 spiro atoms. The highest BCUT2D eigenvalue weighted by Gasteiger charge is 2.34. The molecule has 0 amide bonds. The quantitative estimate of drug-likeness (QED) is 0.672. The van der Waals surface area contributed by atoms with Crippen molar-refractivity contribution >= 4 is 10.0 Å². The van der Waals surface area contributed by atoms with Crippen LogP contribution >= 0.6 is 0 Å². The van der Waals surface area contributed by atoms with Gasteiger partial charge in [-0.2, -0.15) is 4.98 Å². The number of hydrogen-bond acceptors (Lipinski definition) is 5. The van der Waals surface area contributed by atoms with E-state index in [1.54, 1.807) is 0 Å². The first kappa shape index (κ1) is 17.8. The normalized spacial score (nSPS) is 18.0. The Bertz CT molecular complexity index is 1020. The maximum Gasteiger partial charge on any atom is 0.257 e. The minimum absolute atomic E-state index is 0.103. The Morgan fingerprint density at radius 1 is 1.11 bits per heavy atom. The standard InChI is InChI=1S/C19H18FN3O3S/c20-17-8-6-14(7-9-17)13-27(24,25)23-11-10-16(12-23)18-21-19(26-22-18)15-4-2-1-3-5-15/h1-9,16H,10-13H2/t16-/m0/s1. The Kier molecular flexibility index (Phi) is 4.75. The molecule has 0 saturated carbocycles. The molecular weight excluding hydrogens is 369 g/mol. The van der Waals surface area contributed by atoms with Crippen LogP contribution < -0.4 is 0 Å². The number of rotatable bonds is 5. The van der Waals surface area contributed by atoms with E-state index in [9.17, 15) is 12.8 Å². The molecule has 1 aliphatic rings. The number of sulfonamides is 1. The second-order valence-electron chi connectivity index (χ2n) is 6.55. The number of halogens is 1. The van der Waals surface area contributed by atoms with E-state index >= 15 is 0 Å². The van der Waals surface area contributed by atoms with Crippen molar-refractivity contribution < 1.29 is 17.3 Å². The molecule has 2 heterocycles. The summed E-state index contributed by atoms with van der Waals surface area (Å²) in [5.41, 5.74) is 1.39. The fourth-order valence-electron chi connectivity index (χ4n) is 3.17. The van der Waals surface area contributed by atoms with Gasteiger partial charge in [-0.3, -0.25) is 0 Å². The van der Waals surface area contributed by atoms with Crippen molar-refractivity contribution in [1.29, 1.82) is 0 Å². The molecule has 2 aromatic carbocycles. The smallest absolute Gasteiger partial charge is 0.257 e. The van der Waals surface area contributed by atoms with E-state index < -0.39 is 10.0 Å². The maximum atomic E-state index is 13.0. The molecule has 3 aromatic rings. The molecule has 1 atom stereocenters. The summed E-state index contributed by atoms with van der Waals surface area (Å²) in [4.78, 5) is 4.43. The van der Waals surface area contributed by atoms with Crippen LogP contribution in [0.15, 0.2) is 59.1 Å². The number of hydrogen-bond donors (Lipinski definition) is 0. The third kappa shape index (κ3) is 3.91. The average molecular weight is 387 g/mol. The zero-order chi connectivity index (χ0) is 18.9. The van der Waals surface area contributed by atoms with E-state index in [-0.39, 0.29) is 17.5 Å². The van der Waals surface area contributed by atoms with Crippen LogP contribution in [0.5, 0.6) is 0 Å². The molecule has 0 bridgehead atoms. The Morgan fingerprint density at radius 3 is 2.59 bits per heavy atom. The van der Waals surface area contributed by atoms with Gasteiger partial charge >= 0.3 is 0 Å². The van der Waals surface area contributed by atoms with E-state index in [1.165, 1.54) is 28.6 Å². The van der Waals surface area contributed by atoms with E-state index in [2.05, 4.69) is 10.1 Å². The zero-order valence-corrected chi connectivity index (χ0v) is 15.3. The summed E-state index contributed by atoms with van der Waals surface area (Å²) in [6.07, 6.45) is 0.635. The largest absolute Gasteiger partial charge is 0.334 e.